The number of carbonyl (C=O) groups is 3. The van der Waals surface area contributed by atoms with E-state index in [1.807, 2.05) is 24.3 Å². The third-order valence-corrected chi connectivity index (χ3v) is 4.43. The van der Waals surface area contributed by atoms with Gasteiger partial charge in [0.2, 0.25) is 5.91 Å². The molecule has 0 aromatic heterocycles. The lowest BCUT2D eigenvalue weighted by atomic mass is 10.0. The number of hydrogen-bond donors (Lipinski definition) is 2. The lowest BCUT2D eigenvalue weighted by Crippen LogP contribution is -2.43. The van der Waals surface area contributed by atoms with Crippen molar-refractivity contribution in [2.75, 3.05) is 12.4 Å². The normalized spacial score (nSPS) is 11.3. The molecule has 0 saturated carbocycles. The van der Waals surface area contributed by atoms with E-state index < -0.39 is 17.9 Å². The van der Waals surface area contributed by atoms with E-state index in [2.05, 4.69) is 26.6 Å². The van der Waals surface area contributed by atoms with Crippen LogP contribution >= 0.6 is 15.9 Å². The molecule has 0 heterocycles. The summed E-state index contributed by atoms with van der Waals surface area (Å²) in [7, 11) is 1.27. The molecular weight excluding hydrogens is 400 g/mol. The van der Waals surface area contributed by atoms with Gasteiger partial charge in [-0.1, -0.05) is 46.3 Å². The molecule has 0 fully saturated rings. The molecule has 2 rings (SSSR count). The lowest BCUT2D eigenvalue weighted by molar-refractivity contribution is -0.142. The number of carbonyl (C=O) groups excluding carboxylic acids is 3. The molecular formula is C19H19BrN2O4. The summed E-state index contributed by atoms with van der Waals surface area (Å²) < 4.78 is 5.65. The molecule has 2 N–H and O–H groups in total. The molecule has 2 amide bonds. The largest absolute Gasteiger partial charge is 0.467 e. The van der Waals surface area contributed by atoms with E-state index >= 15 is 0 Å². The highest BCUT2D eigenvalue weighted by atomic mass is 79.9. The van der Waals surface area contributed by atoms with Gasteiger partial charge in [0.1, 0.15) is 6.04 Å². The Hall–Kier alpha value is -2.67. The molecule has 0 bridgehead atoms. The highest BCUT2D eigenvalue weighted by molar-refractivity contribution is 9.10. The number of esters is 1. The molecule has 2 aromatic rings. The van der Waals surface area contributed by atoms with E-state index in [0.717, 1.165) is 10.0 Å². The van der Waals surface area contributed by atoms with Crippen molar-refractivity contribution in [3.05, 3.63) is 64.1 Å². The number of hydrogen-bond acceptors (Lipinski definition) is 4. The Morgan fingerprint density at radius 3 is 2.38 bits per heavy atom. The quantitative estimate of drug-likeness (QED) is 0.706. The van der Waals surface area contributed by atoms with Crippen LogP contribution in [-0.4, -0.2) is 30.9 Å². The summed E-state index contributed by atoms with van der Waals surface area (Å²) in [6.07, 6.45) is 0.266. The summed E-state index contributed by atoms with van der Waals surface area (Å²) in [5.41, 5.74) is 1.50. The predicted octanol–water partition coefficient (Wildman–Crippen LogP) is 2.92. The van der Waals surface area contributed by atoms with Gasteiger partial charge in [-0.2, -0.15) is 0 Å². The topological polar surface area (TPSA) is 84.5 Å². The summed E-state index contributed by atoms with van der Waals surface area (Å²) in [6.45, 7) is 1.36. The molecule has 7 heteroatoms. The van der Waals surface area contributed by atoms with Gasteiger partial charge in [0.15, 0.2) is 0 Å². The van der Waals surface area contributed by atoms with E-state index in [1.54, 1.807) is 24.3 Å². The zero-order valence-corrected chi connectivity index (χ0v) is 16.0. The summed E-state index contributed by atoms with van der Waals surface area (Å²) in [4.78, 5) is 36.1. The monoisotopic (exact) mass is 418 g/mol. The summed E-state index contributed by atoms with van der Waals surface area (Å²) in [5, 5.41) is 5.29. The molecule has 136 valence electrons. The Labute approximate surface area is 160 Å². The summed E-state index contributed by atoms with van der Waals surface area (Å²) >= 11 is 3.43. The number of benzene rings is 2. The Balaban J connectivity index is 2.23. The van der Waals surface area contributed by atoms with Crippen molar-refractivity contribution in [1.29, 1.82) is 0 Å². The maximum Gasteiger partial charge on any atom is 0.328 e. The van der Waals surface area contributed by atoms with Crippen molar-refractivity contribution in [2.24, 2.45) is 0 Å². The van der Waals surface area contributed by atoms with Crippen LogP contribution in [0.5, 0.6) is 0 Å². The molecule has 6 nitrogen and oxygen atoms in total. The van der Waals surface area contributed by atoms with Gasteiger partial charge in [0.05, 0.1) is 18.4 Å². The third kappa shape index (κ3) is 5.16. The minimum Gasteiger partial charge on any atom is -0.467 e. The van der Waals surface area contributed by atoms with Gasteiger partial charge in [-0.05, 0) is 23.8 Å². The maximum atomic E-state index is 12.7. The number of ether oxygens (including phenoxy) is 1. The second kappa shape index (κ2) is 9.15. The van der Waals surface area contributed by atoms with Crippen LogP contribution in [0, 0.1) is 0 Å². The fourth-order valence-corrected chi connectivity index (χ4v) is 2.88. The second-order valence-electron chi connectivity index (χ2n) is 5.57. The first-order valence-electron chi connectivity index (χ1n) is 7.91. The van der Waals surface area contributed by atoms with Crippen LogP contribution in [0.3, 0.4) is 0 Å². The van der Waals surface area contributed by atoms with Crippen molar-refractivity contribution in [2.45, 2.75) is 19.4 Å². The van der Waals surface area contributed by atoms with E-state index in [9.17, 15) is 14.4 Å². The van der Waals surface area contributed by atoms with Gasteiger partial charge in [0.25, 0.3) is 5.91 Å². The van der Waals surface area contributed by atoms with E-state index in [1.165, 1.54) is 14.0 Å². The van der Waals surface area contributed by atoms with Crippen LogP contribution in [0.4, 0.5) is 5.69 Å². The van der Waals surface area contributed by atoms with Crippen LogP contribution in [-0.2, 0) is 20.7 Å². The third-order valence-electron chi connectivity index (χ3n) is 3.66. The first-order chi connectivity index (χ1) is 12.4. The number of rotatable bonds is 6. The van der Waals surface area contributed by atoms with Gasteiger partial charge >= 0.3 is 5.97 Å². The molecule has 1 atom stereocenters. The number of methoxy groups -OCH3 is 1. The number of nitrogens with one attached hydrogen (secondary N) is 2. The van der Waals surface area contributed by atoms with Crippen LogP contribution in [0.1, 0.15) is 22.8 Å². The molecule has 0 aliphatic rings. The highest BCUT2D eigenvalue weighted by Crippen LogP contribution is 2.19. The highest BCUT2D eigenvalue weighted by Gasteiger charge is 2.24. The van der Waals surface area contributed by atoms with Gasteiger partial charge in [-0.3, -0.25) is 9.59 Å². The minimum atomic E-state index is -0.864. The fraction of sp³-hybridized carbons (Fsp3) is 0.211. The first-order valence-corrected chi connectivity index (χ1v) is 8.70. The predicted molar refractivity (Wildman–Crippen MR) is 102 cm³/mol. The number of anilines is 1. The average Bonchev–Trinajstić information content (AvgIpc) is 2.62. The van der Waals surface area contributed by atoms with Gasteiger partial charge in [-0.15, -0.1) is 0 Å². The Bertz CT molecular complexity index is 823. The molecule has 0 radical (unpaired) electrons. The Morgan fingerprint density at radius 2 is 1.73 bits per heavy atom. The van der Waals surface area contributed by atoms with Crippen LogP contribution in [0.15, 0.2) is 53.0 Å². The SMILES string of the molecule is COC(=O)[C@H](Cc1ccccc1Br)NC(=O)c1ccccc1NC(C)=O. The van der Waals surface area contributed by atoms with E-state index in [0.29, 0.717) is 5.69 Å². The van der Waals surface area contributed by atoms with Crippen molar-refractivity contribution >= 4 is 39.4 Å². The van der Waals surface area contributed by atoms with Crippen molar-refractivity contribution in [3.63, 3.8) is 0 Å². The molecule has 0 aliphatic carbocycles. The van der Waals surface area contributed by atoms with E-state index in [-0.39, 0.29) is 17.9 Å². The van der Waals surface area contributed by atoms with Crippen LogP contribution < -0.4 is 10.6 Å². The van der Waals surface area contributed by atoms with Crippen LogP contribution in [0.25, 0.3) is 0 Å². The van der Waals surface area contributed by atoms with Crippen molar-refractivity contribution in [3.8, 4) is 0 Å². The number of halogens is 1. The molecule has 0 aliphatic heterocycles. The first kappa shape index (κ1) is 19.7. The number of para-hydroxylation sites is 1. The minimum absolute atomic E-state index is 0.266. The zero-order valence-electron chi connectivity index (χ0n) is 14.4. The van der Waals surface area contributed by atoms with Crippen LogP contribution in [0.2, 0.25) is 0 Å². The molecule has 26 heavy (non-hydrogen) atoms. The van der Waals surface area contributed by atoms with Gasteiger partial charge < -0.3 is 15.4 Å². The fourth-order valence-electron chi connectivity index (χ4n) is 2.44. The van der Waals surface area contributed by atoms with Gasteiger partial charge in [0, 0.05) is 17.8 Å². The number of amides is 2. The molecule has 0 unspecified atom stereocenters. The van der Waals surface area contributed by atoms with Crippen molar-refractivity contribution in [1.82, 2.24) is 5.32 Å². The Morgan fingerprint density at radius 1 is 1.08 bits per heavy atom. The molecule has 0 spiro atoms. The second-order valence-corrected chi connectivity index (χ2v) is 6.43. The van der Waals surface area contributed by atoms with Crippen molar-refractivity contribution < 1.29 is 19.1 Å². The average molecular weight is 419 g/mol. The lowest BCUT2D eigenvalue weighted by Gasteiger charge is -2.18. The maximum absolute atomic E-state index is 12.7. The van der Waals surface area contributed by atoms with Gasteiger partial charge in [-0.25, -0.2) is 4.79 Å². The molecule has 2 aromatic carbocycles. The standard InChI is InChI=1S/C19H19BrN2O4/c1-12(23)21-16-10-6-4-8-14(16)18(24)22-17(19(25)26-2)11-13-7-3-5-9-15(13)20/h3-10,17H,11H2,1-2H3,(H,21,23)(H,22,24)/t17-/m0/s1. The summed E-state index contributed by atoms with van der Waals surface area (Å²) in [5.74, 6) is -1.31. The van der Waals surface area contributed by atoms with E-state index in [4.69, 9.17) is 4.74 Å². The smallest absolute Gasteiger partial charge is 0.328 e. The zero-order chi connectivity index (χ0) is 19.1. The molecule has 0 saturated heterocycles. The Kier molecular flexibility index (Phi) is 6.91. The summed E-state index contributed by atoms with van der Waals surface area (Å²) in [6, 6.07) is 13.2.